The molecule has 1 aliphatic heterocycles. The van der Waals surface area contributed by atoms with Crippen LogP contribution in [0, 0.1) is 0 Å². The van der Waals surface area contributed by atoms with Gasteiger partial charge in [-0.15, -0.1) is 0 Å². The average Bonchev–Trinajstić information content (AvgIpc) is 2.97. The van der Waals surface area contributed by atoms with Gasteiger partial charge in [-0.25, -0.2) is 0 Å². The molecule has 1 fully saturated rings. The van der Waals surface area contributed by atoms with Crippen LogP contribution in [0.2, 0.25) is 0 Å². The quantitative estimate of drug-likeness (QED) is 0.845. The van der Waals surface area contributed by atoms with Gasteiger partial charge in [0.1, 0.15) is 5.69 Å². The van der Waals surface area contributed by atoms with Crippen molar-refractivity contribution in [2.24, 2.45) is 0 Å². The highest BCUT2D eigenvalue weighted by Crippen LogP contribution is 2.28. The molecule has 0 radical (unpaired) electrons. The molecule has 2 heterocycles. The number of rotatable bonds is 3. The van der Waals surface area contributed by atoms with Crippen molar-refractivity contribution >= 4 is 17.5 Å². The van der Waals surface area contributed by atoms with Crippen molar-refractivity contribution in [2.45, 2.75) is 51.0 Å². The first kappa shape index (κ1) is 17.7. The molecule has 1 saturated carbocycles. The lowest BCUT2D eigenvalue weighted by atomic mass is 10.1. The number of nitrogens with one attached hydrogen (secondary N) is 1. The number of carbonyl (C=O) groups excluding carboxylic acids is 2. The fourth-order valence-corrected chi connectivity index (χ4v) is 4.07. The standard InChI is InChI=1S/C22H25N3O2/c26-21(24-18-8-3-1-2-4-9-18)17-11-13-23-19(15-17)22(27)25-14-12-16-7-5-6-10-20(16)25/h5-7,10-11,13,15,18H,1-4,8-9,12,14H2,(H,24,26). The molecule has 1 N–H and O–H groups in total. The minimum Gasteiger partial charge on any atom is -0.349 e. The lowest BCUT2D eigenvalue weighted by Crippen LogP contribution is -2.35. The molecule has 0 bridgehead atoms. The number of aromatic nitrogens is 1. The van der Waals surface area contributed by atoms with Crippen LogP contribution in [0.3, 0.4) is 0 Å². The summed E-state index contributed by atoms with van der Waals surface area (Å²) in [5.74, 6) is -0.260. The van der Waals surface area contributed by atoms with Crippen LogP contribution >= 0.6 is 0 Å². The Morgan fingerprint density at radius 3 is 2.63 bits per heavy atom. The monoisotopic (exact) mass is 363 g/mol. The molecule has 0 atom stereocenters. The highest BCUT2D eigenvalue weighted by atomic mass is 16.2. The van der Waals surface area contributed by atoms with E-state index in [0.29, 0.717) is 17.8 Å². The first-order chi connectivity index (χ1) is 13.2. The van der Waals surface area contributed by atoms with Crippen molar-refractivity contribution in [2.75, 3.05) is 11.4 Å². The maximum atomic E-state index is 13.0. The van der Waals surface area contributed by atoms with E-state index in [1.54, 1.807) is 23.2 Å². The first-order valence-corrected chi connectivity index (χ1v) is 9.89. The summed E-state index contributed by atoms with van der Waals surface area (Å²) in [4.78, 5) is 31.6. The summed E-state index contributed by atoms with van der Waals surface area (Å²) in [6.45, 7) is 0.651. The van der Waals surface area contributed by atoms with Gasteiger partial charge in [0.15, 0.2) is 0 Å². The lowest BCUT2D eigenvalue weighted by Gasteiger charge is -2.18. The van der Waals surface area contributed by atoms with Gasteiger partial charge in [0.25, 0.3) is 11.8 Å². The molecule has 5 nitrogen and oxygen atoms in total. The summed E-state index contributed by atoms with van der Waals surface area (Å²) in [7, 11) is 0. The Morgan fingerprint density at radius 2 is 1.81 bits per heavy atom. The Kier molecular flexibility index (Phi) is 5.19. The van der Waals surface area contributed by atoms with E-state index in [1.807, 2.05) is 24.3 Å². The van der Waals surface area contributed by atoms with E-state index < -0.39 is 0 Å². The minimum absolute atomic E-state index is 0.111. The zero-order valence-corrected chi connectivity index (χ0v) is 15.5. The van der Waals surface area contributed by atoms with Crippen molar-refractivity contribution in [3.63, 3.8) is 0 Å². The van der Waals surface area contributed by atoms with Gasteiger partial charge >= 0.3 is 0 Å². The Bertz CT molecular complexity index is 841. The van der Waals surface area contributed by atoms with Crippen LogP contribution < -0.4 is 10.2 Å². The third kappa shape index (κ3) is 3.87. The highest BCUT2D eigenvalue weighted by molar-refractivity contribution is 6.07. The molecule has 140 valence electrons. The average molecular weight is 363 g/mol. The van der Waals surface area contributed by atoms with E-state index in [0.717, 1.165) is 24.9 Å². The molecular weight excluding hydrogens is 338 g/mol. The second-order valence-corrected chi connectivity index (χ2v) is 7.43. The van der Waals surface area contributed by atoms with E-state index in [2.05, 4.69) is 10.3 Å². The van der Waals surface area contributed by atoms with Gasteiger partial charge in [0.2, 0.25) is 0 Å². The molecule has 2 aromatic rings. The largest absolute Gasteiger partial charge is 0.349 e. The third-order valence-corrected chi connectivity index (χ3v) is 5.56. The van der Waals surface area contributed by atoms with Gasteiger partial charge in [0.05, 0.1) is 0 Å². The number of hydrogen-bond acceptors (Lipinski definition) is 3. The zero-order valence-electron chi connectivity index (χ0n) is 15.5. The highest BCUT2D eigenvalue weighted by Gasteiger charge is 2.26. The van der Waals surface area contributed by atoms with Crippen molar-refractivity contribution in [3.8, 4) is 0 Å². The second-order valence-electron chi connectivity index (χ2n) is 7.43. The molecule has 1 aromatic heterocycles. The molecule has 4 rings (SSSR count). The van der Waals surface area contributed by atoms with Crippen LogP contribution in [0.5, 0.6) is 0 Å². The van der Waals surface area contributed by atoms with Gasteiger partial charge in [-0.05, 0) is 43.0 Å². The minimum atomic E-state index is -0.149. The van der Waals surface area contributed by atoms with Crippen molar-refractivity contribution < 1.29 is 9.59 Å². The summed E-state index contributed by atoms with van der Waals surface area (Å²) >= 11 is 0. The Balaban J connectivity index is 1.49. The molecular formula is C22H25N3O2. The van der Waals surface area contributed by atoms with E-state index >= 15 is 0 Å². The second kappa shape index (κ2) is 7.91. The Morgan fingerprint density at radius 1 is 1.04 bits per heavy atom. The topological polar surface area (TPSA) is 62.3 Å². The number of anilines is 1. The summed E-state index contributed by atoms with van der Waals surface area (Å²) < 4.78 is 0. The maximum Gasteiger partial charge on any atom is 0.276 e. The van der Waals surface area contributed by atoms with E-state index in [4.69, 9.17) is 0 Å². The summed E-state index contributed by atoms with van der Waals surface area (Å²) in [5, 5.41) is 3.13. The molecule has 0 spiro atoms. The Hall–Kier alpha value is -2.69. The smallest absolute Gasteiger partial charge is 0.276 e. The van der Waals surface area contributed by atoms with Gasteiger partial charge in [0, 0.05) is 30.0 Å². The zero-order chi connectivity index (χ0) is 18.6. The normalized spacial score (nSPS) is 17.3. The van der Waals surface area contributed by atoms with Crippen molar-refractivity contribution in [1.29, 1.82) is 0 Å². The number of fused-ring (bicyclic) bond motifs is 1. The summed E-state index contributed by atoms with van der Waals surface area (Å²) in [5.41, 5.74) is 2.94. The molecule has 1 aromatic carbocycles. The van der Waals surface area contributed by atoms with E-state index in [1.165, 1.54) is 31.2 Å². The third-order valence-electron chi connectivity index (χ3n) is 5.56. The fourth-order valence-electron chi connectivity index (χ4n) is 4.07. The molecule has 27 heavy (non-hydrogen) atoms. The van der Waals surface area contributed by atoms with Gasteiger partial charge < -0.3 is 10.2 Å². The number of carbonyl (C=O) groups is 2. The predicted molar refractivity (Wildman–Crippen MR) is 105 cm³/mol. The number of amides is 2. The molecule has 1 aliphatic carbocycles. The predicted octanol–water partition coefficient (Wildman–Crippen LogP) is 3.74. The van der Waals surface area contributed by atoms with Crippen molar-refractivity contribution in [1.82, 2.24) is 10.3 Å². The molecule has 2 aliphatic rings. The molecule has 0 saturated heterocycles. The van der Waals surface area contributed by atoms with Crippen LogP contribution in [0.1, 0.15) is 64.9 Å². The maximum absolute atomic E-state index is 13.0. The van der Waals surface area contributed by atoms with E-state index in [9.17, 15) is 9.59 Å². The first-order valence-electron chi connectivity index (χ1n) is 9.89. The Labute approximate surface area is 159 Å². The van der Waals surface area contributed by atoms with Crippen LogP contribution in [-0.4, -0.2) is 29.4 Å². The SMILES string of the molecule is O=C(NC1CCCCCC1)c1ccnc(C(=O)N2CCc3ccccc32)c1. The van der Waals surface area contributed by atoms with Crippen LogP contribution in [0.4, 0.5) is 5.69 Å². The number of para-hydroxylation sites is 1. The van der Waals surface area contributed by atoms with E-state index in [-0.39, 0.29) is 17.9 Å². The van der Waals surface area contributed by atoms with Gasteiger partial charge in [-0.2, -0.15) is 0 Å². The molecule has 2 amide bonds. The van der Waals surface area contributed by atoms with Crippen molar-refractivity contribution in [3.05, 3.63) is 59.4 Å². The molecule has 5 heteroatoms. The number of nitrogens with zero attached hydrogens (tertiary/aromatic N) is 2. The number of benzene rings is 1. The van der Waals surface area contributed by atoms with Crippen LogP contribution in [0.25, 0.3) is 0 Å². The summed E-state index contributed by atoms with van der Waals surface area (Å²) in [6.07, 6.45) is 9.30. The van der Waals surface area contributed by atoms with Gasteiger partial charge in [-0.1, -0.05) is 43.9 Å². The van der Waals surface area contributed by atoms with Crippen LogP contribution in [0.15, 0.2) is 42.6 Å². The lowest BCUT2D eigenvalue weighted by molar-refractivity contribution is 0.0933. The molecule has 0 unspecified atom stereocenters. The fraction of sp³-hybridized carbons (Fsp3) is 0.409. The number of pyridine rings is 1. The van der Waals surface area contributed by atoms with Gasteiger partial charge in [-0.3, -0.25) is 14.6 Å². The number of hydrogen-bond donors (Lipinski definition) is 1. The van der Waals surface area contributed by atoms with Crippen LogP contribution in [-0.2, 0) is 6.42 Å². The summed E-state index contributed by atoms with van der Waals surface area (Å²) in [6, 6.07) is 11.5.